The standard InChI is InChI=1S/C11H17NO.C4H10.C2H6/c1-5-6-7-11(10(4)13)8(2)9(3)12;1-3-4-2;1-2/h6-7,12H,5H2,1-4H3;3-4H2,1-2H3;1-2H3/b7-6-,11-8-,12-9?;;. The Balaban J connectivity index is -0.000000361. The molecule has 0 aromatic rings. The van der Waals surface area contributed by atoms with Crippen LogP contribution >= 0.6 is 0 Å². The molecule has 0 bridgehead atoms. The van der Waals surface area contributed by atoms with Crippen molar-refractivity contribution in [1.29, 1.82) is 5.41 Å². The highest BCUT2D eigenvalue weighted by atomic mass is 16.1. The van der Waals surface area contributed by atoms with Gasteiger partial charge in [0.05, 0.1) is 0 Å². The number of unbranched alkanes of at least 4 members (excludes halogenated alkanes) is 1. The molecule has 0 unspecified atom stereocenters. The number of hydrogen-bond acceptors (Lipinski definition) is 2. The van der Waals surface area contributed by atoms with E-state index in [0.717, 1.165) is 12.0 Å². The molecule has 0 atom stereocenters. The van der Waals surface area contributed by atoms with Crippen molar-refractivity contribution in [2.24, 2.45) is 0 Å². The maximum atomic E-state index is 11.2. The first-order valence-electron chi connectivity index (χ1n) is 7.36. The summed E-state index contributed by atoms with van der Waals surface area (Å²) < 4.78 is 0. The zero-order valence-electron chi connectivity index (χ0n) is 14.2. The van der Waals surface area contributed by atoms with Crippen LogP contribution in [0.5, 0.6) is 0 Å². The van der Waals surface area contributed by atoms with Crippen LogP contribution in [-0.2, 0) is 4.79 Å². The van der Waals surface area contributed by atoms with E-state index in [1.54, 1.807) is 19.9 Å². The minimum absolute atomic E-state index is 0.0220. The molecule has 0 amide bonds. The summed E-state index contributed by atoms with van der Waals surface area (Å²) in [6.07, 6.45) is 7.28. The molecule has 0 rings (SSSR count). The summed E-state index contributed by atoms with van der Waals surface area (Å²) in [5.41, 5.74) is 1.86. The van der Waals surface area contributed by atoms with E-state index in [2.05, 4.69) is 13.8 Å². The van der Waals surface area contributed by atoms with Crippen molar-refractivity contribution < 1.29 is 4.79 Å². The van der Waals surface area contributed by atoms with E-state index in [4.69, 9.17) is 5.41 Å². The Hall–Kier alpha value is -1.18. The Morgan fingerprint density at radius 1 is 1.00 bits per heavy atom. The summed E-state index contributed by atoms with van der Waals surface area (Å²) in [5.74, 6) is 0.0220. The SMILES string of the molecule is CC.CC/C=C\C(C(C)=O)=C(/C)C(C)=N.CCCC. The molecule has 112 valence electrons. The van der Waals surface area contributed by atoms with Crippen LogP contribution in [0, 0.1) is 5.41 Å². The molecule has 0 aromatic carbocycles. The molecule has 0 spiro atoms. The summed E-state index contributed by atoms with van der Waals surface area (Å²) in [6, 6.07) is 0. The second-order valence-corrected chi connectivity index (χ2v) is 4.03. The predicted molar refractivity (Wildman–Crippen MR) is 88.1 cm³/mol. The van der Waals surface area contributed by atoms with Crippen molar-refractivity contribution in [1.82, 2.24) is 0 Å². The second kappa shape index (κ2) is 16.8. The molecule has 2 nitrogen and oxygen atoms in total. The van der Waals surface area contributed by atoms with Crippen LogP contribution in [0.25, 0.3) is 0 Å². The normalized spacial score (nSPS) is 10.7. The van der Waals surface area contributed by atoms with Crippen LogP contribution in [-0.4, -0.2) is 11.5 Å². The van der Waals surface area contributed by atoms with E-state index in [1.165, 1.54) is 19.8 Å². The highest BCUT2D eigenvalue weighted by Crippen LogP contribution is 2.09. The predicted octanol–water partition coefficient (Wildman–Crippen LogP) is 5.73. The minimum Gasteiger partial charge on any atom is -0.305 e. The Morgan fingerprint density at radius 3 is 1.63 bits per heavy atom. The molecule has 0 saturated carbocycles. The Labute approximate surface area is 120 Å². The van der Waals surface area contributed by atoms with Crippen molar-refractivity contribution in [2.75, 3.05) is 0 Å². The zero-order valence-corrected chi connectivity index (χ0v) is 14.2. The highest BCUT2D eigenvalue weighted by molar-refractivity contribution is 6.07. The van der Waals surface area contributed by atoms with Gasteiger partial charge in [0.25, 0.3) is 0 Å². The van der Waals surface area contributed by atoms with Crippen LogP contribution in [0.1, 0.15) is 74.7 Å². The number of hydrogen-bond donors (Lipinski definition) is 1. The zero-order chi connectivity index (χ0) is 15.8. The van der Waals surface area contributed by atoms with Gasteiger partial charge in [-0.05, 0) is 32.8 Å². The van der Waals surface area contributed by atoms with Crippen molar-refractivity contribution in [3.8, 4) is 0 Å². The molecule has 0 aliphatic carbocycles. The van der Waals surface area contributed by atoms with Gasteiger partial charge in [0.1, 0.15) is 0 Å². The first-order chi connectivity index (χ1) is 8.92. The maximum Gasteiger partial charge on any atom is 0.160 e. The lowest BCUT2D eigenvalue weighted by Crippen LogP contribution is -2.02. The van der Waals surface area contributed by atoms with Gasteiger partial charge in [-0.15, -0.1) is 0 Å². The largest absolute Gasteiger partial charge is 0.305 e. The minimum atomic E-state index is 0.0220. The molecule has 0 aliphatic rings. The van der Waals surface area contributed by atoms with E-state index in [9.17, 15) is 4.79 Å². The van der Waals surface area contributed by atoms with Crippen LogP contribution in [0.15, 0.2) is 23.3 Å². The van der Waals surface area contributed by atoms with Crippen molar-refractivity contribution in [2.45, 2.75) is 74.7 Å². The fourth-order valence-corrected chi connectivity index (χ4v) is 0.944. The average molecular weight is 267 g/mol. The second-order valence-electron chi connectivity index (χ2n) is 4.03. The quantitative estimate of drug-likeness (QED) is 0.385. The molecule has 0 fully saturated rings. The molecule has 0 radical (unpaired) electrons. The van der Waals surface area contributed by atoms with Gasteiger partial charge >= 0.3 is 0 Å². The smallest absolute Gasteiger partial charge is 0.160 e. The van der Waals surface area contributed by atoms with E-state index >= 15 is 0 Å². The number of nitrogens with one attached hydrogen (secondary N) is 1. The summed E-state index contributed by atoms with van der Waals surface area (Å²) in [5, 5.41) is 7.42. The lowest BCUT2D eigenvalue weighted by atomic mass is 10.0. The van der Waals surface area contributed by atoms with Gasteiger partial charge in [0.2, 0.25) is 0 Å². The number of carbonyl (C=O) groups excluding carboxylic acids is 1. The third-order valence-corrected chi connectivity index (χ3v) is 2.37. The summed E-state index contributed by atoms with van der Waals surface area (Å²) in [4.78, 5) is 11.2. The molecule has 19 heavy (non-hydrogen) atoms. The Bertz CT molecular complexity index is 296. The summed E-state index contributed by atoms with van der Waals surface area (Å²) in [7, 11) is 0. The van der Waals surface area contributed by atoms with E-state index in [0.29, 0.717) is 11.3 Å². The fraction of sp³-hybridized carbons (Fsp3) is 0.647. The Kier molecular flexibility index (Phi) is 20.3. The summed E-state index contributed by atoms with van der Waals surface area (Å²) in [6.45, 7) is 15.4. The van der Waals surface area contributed by atoms with E-state index in [1.807, 2.05) is 26.8 Å². The van der Waals surface area contributed by atoms with Gasteiger partial charge in [-0.1, -0.05) is 59.6 Å². The van der Waals surface area contributed by atoms with Crippen LogP contribution in [0.3, 0.4) is 0 Å². The highest BCUT2D eigenvalue weighted by Gasteiger charge is 2.05. The molecular weight excluding hydrogens is 234 g/mol. The van der Waals surface area contributed by atoms with Gasteiger partial charge < -0.3 is 5.41 Å². The van der Waals surface area contributed by atoms with Crippen LogP contribution in [0.2, 0.25) is 0 Å². The van der Waals surface area contributed by atoms with Crippen LogP contribution in [0.4, 0.5) is 0 Å². The molecule has 0 aromatic heterocycles. The van der Waals surface area contributed by atoms with Crippen LogP contribution < -0.4 is 0 Å². The third kappa shape index (κ3) is 14.8. The lowest BCUT2D eigenvalue weighted by Gasteiger charge is -2.02. The maximum absolute atomic E-state index is 11.2. The van der Waals surface area contributed by atoms with E-state index < -0.39 is 0 Å². The molecule has 2 heteroatoms. The fourth-order valence-electron chi connectivity index (χ4n) is 0.944. The number of rotatable bonds is 5. The Morgan fingerprint density at radius 2 is 1.42 bits per heavy atom. The van der Waals surface area contributed by atoms with Gasteiger partial charge in [-0.25, -0.2) is 0 Å². The van der Waals surface area contributed by atoms with Gasteiger partial charge in [0.15, 0.2) is 5.78 Å². The number of carbonyl (C=O) groups is 1. The first kappa shape index (κ1) is 23.0. The number of ketones is 1. The van der Waals surface area contributed by atoms with Gasteiger partial charge in [-0.3, -0.25) is 4.79 Å². The van der Waals surface area contributed by atoms with Crippen molar-refractivity contribution >= 4 is 11.5 Å². The molecule has 1 N–H and O–H groups in total. The van der Waals surface area contributed by atoms with E-state index in [-0.39, 0.29) is 5.78 Å². The molecule has 0 aliphatic heterocycles. The van der Waals surface area contributed by atoms with Crippen molar-refractivity contribution in [3.05, 3.63) is 23.3 Å². The third-order valence-electron chi connectivity index (χ3n) is 2.37. The summed E-state index contributed by atoms with van der Waals surface area (Å²) >= 11 is 0. The number of allylic oxidation sites excluding steroid dienone is 4. The van der Waals surface area contributed by atoms with Gasteiger partial charge in [0, 0.05) is 11.3 Å². The van der Waals surface area contributed by atoms with Gasteiger partial charge in [-0.2, -0.15) is 0 Å². The first-order valence-corrected chi connectivity index (χ1v) is 7.36. The molecular formula is C17H33NO. The number of Topliss-reactive ketones (excluding diaryl/α,β-unsaturated/α-hetero) is 1. The lowest BCUT2D eigenvalue weighted by molar-refractivity contribution is -0.113. The molecule has 0 heterocycles. The average Bonchev–Trinajstić information content (AvgIpc) is 2.41. The topological polar surface area (TPSA) is 40.9 Å². The monoisotopic (exact) mass is 267 g/mol. The van der Waals surface area contributed by atoms with Crippen molar-refractivity contribution in [3.63, 3.8) is 0 Å². The molecule has 0 saturated heterocycles.